The highest BCUT2D eigenvalue weighted by molar-refractivity contribution is 6.30. The van der Waals surface area contributed by atoms with Crippen LogP contribution >= 0.6 is 11.6 Å². The van der Waals surface area contributed by atoms with Gasteiger partial charge in [0.2, 0.25) is 0 Å². The summed E-state index contributed by atoms with van der Waals surface area (Å²) in [7, 11) is 0. The first kappa shape index (κ1) is 13.9. The second kappa shape index (κ2) is 6.09. The molecule has 0 radical (unpaired) electrons. The van der Waals surface area contributed by atoms with Gasteiger partial charge in [-0.2, -0.15) is 0 Å². The van der Waals surface area contributed by atoms with Crippen molar-refractivity contribution in [3.8, 4) is 0 Å². The molecule has 0 aliphatic rings. The van der Waals surface area contributed by atoms with Crippen molar-refractivity contribution < 1.29 is 5.11 Å². The van der Waals surface area contributed by atoms with E-state index in [4.69, 9.17) is 11.6 Å². The highest BCUT2D eigenvalue weighted by Crippen LogP contribution is 2.24. The average Bonchev–Trinajstić information content (AvgIpc) is 2.39. The van der Waals surface area contributed by atoms with E-state index in [1.165, 1.54) is 11.1 Å². The molecule has 1 atom stereocenters. The molecule has 1 unspecified atom stereocenters. The number of rotatable bonds is 4. The molecule has 0 fully saturated rings. The van der Waals surface area contributed by atoms with Crippen molar-refractivity contribution in [2.45, 2.75) is 19.9 Å². The van der Waals surface area contributed by atoms with Gasteiger partial charge in [-0.05, 0) is 49.2 Å². The summed E-state index contributed by atoms with van der Waals surface area (Å²) in [4.78, 5) is 0. The van der Waals surface area contributed by atoms with Crippen LogP contribution in [0, 0.1) is 13.8 Å². The highest BCUT2D eigenvalue weighted by Gasteiger charge is 2.12. The van der Waals surface area contributed by atoms with Crippen LogP contribution in [-0.4, -0.2) is 11.7 Å². The number of nitrogens with one attached hydrogen (secondary N) is 1. The van der Waals surface area contributed by atoms with Crippen molar-refractivity contribution >= 4 is 17.3 Å². The zero-order valence-electron chi connectivity index (χ0n) is 11.2. The summed E-state index contributed by atoms with van der Waals surface area (Å²) in [5, 5.41) is 13.6. The van der Waals surface area contributed by atoms with E-state index in [0.717, 1.165) is 11.3 Å². The lowest BCUT2D eigenvalue weighted by Gasteiger charge is -2.20. The van der Waals surface area contributed by atoms with Crippen LogP contribution in [0.1, 0.15) is 22.7 Å². The van der Waals surface area contributed by atoms with Gasteiger partial charge in [-0.3, -0.25) is 0 Å². The van der Waals surface area contributed by atoms with Crippen LogP contribution in [0.2, 0.25) is 5.02 Å². The van der Waals surface area contributed by atoms with E-state index in [9.17, 15) is 5.11 Å². The Morgan fingerprint density at radius 1 is 1.11 bits per heavy atom. The minimum Gasteiger partial charge on any atom is -0.394 e. The Morgan fingerprint density at radius 3 is 2.37 bits per heavy atom. The Labute approximate surface area is 119 Å². The standard InChI is InChI=1S/C16H18ClNO/c1-11-3-8-15(12(2)9-11)16(10-19)18-14-6-4-13(17)5-7-14/h3-9,16,18-19H,10H2,1-2H3. The summed E-state index contributed by atoms with van der Waals surface area (Å²) in [6.07, 6.45) is 0. The van der Waals surface area contributed by atoms with E-state index in [1.54, 1.807) is 0 Å². The fourth-order valence-electron chi connectivity index (χ4n) is 2.19. The van der Waals surface area contributed by atoms with Gasteiger partial charge in [0.1, 0.15) is 0 Å². The Morgan fingerprint density at radius 2 is 1.79 bits per heavy atom. The van der Waals surface area contributed by atoms with Crippen LogP contribution < -0.4 is 5.32 Å². The fourth-order valence-corrected chi connectivity index (χ4v) is 2.31. The fraction of sp³-hybridized carbons (Fsp3) is 0.250. The van der Waals surface area contributed by atoms with E-state index in [2.05, 4.69) is 37.4 Å². The maximum absolute atomic E-state index is 9.60. The minimum atomic E-state index is -0.109. The SMILES string of the molecule is Cc1ccc(C(CO)Nc2ccc(Cl)cc2)c(C)c1. The molecule has 0 aliphatic carbocycles. The van der Waals surface area contributed by atoms with Gasteiger partial charge in [0.15, 0.2) is 0 Å². The maximum Gasteiger partial charge on any atom is 0.0747 e. The lowest BCUT2D eigenvalue weighted by atomic mass is 9.99. The van der Waals surface area contributed by atoms with Crippen LogP contribution in [0.25, 0.3) is 0 Å². The Bertz CT molecular complexity index is 551. The average molecular weight is 276 g/mol. The largest absolute Gasteiger partial charge is 0.394 e. The highest BCUT2D eigenvalue weighted by atomic mass is 35.5. The van der Waals surface area contributed by atoms with Crippen LogP contribution in [0.5, 0.6) is 0 Å². The number of aliphatic hydroxyl groups is 1. The number of anilines is 1. The molecule has 2 aromatic carbocycles. The molecule has 0 aliphatic heterocycles. The molecule has 0 aromatic heterocycles. The summed E-state index contributed by atoms with van der Waals surface area (Å²) >= 11 is 5.86. The third-order valence-electron chi connectivity index (χ3n) is 3.17. The Kier molecular flexibility index (Phi) is 4.46. The lowest BCUT2D eigenvalue weighted by molar-refractivity contribution is 0.276. The first-order valence-electron chi connectivity index (χ1n) is 6.30. The summed E-state index contributed by atoms with van der Waals surface area (Å²) in [5.41, 5.74) is 4.47. The number of benzene rings is 2. The van der Waals surface area contributed by atoms with Crippen molar-refractivity contribution in [3.63, 3.8) is 0 Å². The number of aryl methyl sites for hydroxylation is 2. The molecule has 0 heterocycles. The molecule has 2 aromatic rings. The number of halogens is 1. The molecular weight excluding hydrogens is 258 g/mol. The maximum atomic E-state index is 9.60. The molecule has 3 heteroatoms. The predicted octanol–water partition coefficient (Wildman–Crippen LogP) is 4.10. The quantitative estimate of drug-likeness (QED) is 0.880. The van der Waals surface area contributed by atoms with E-state index in [-0.39, 0.29) is 12.6 Å². The molecule has 19 heavy (non-hydrogen) atoms. The molecular formula is C16H18ClNO. The zero-order chi connectivity index (χ0) is 13.8. The second-order valence-electron chi connectivity index (χ2n) is 4.75. The predicted molar refractivity (Wildman–Crippen MR) is 80.8 cm³/mol. The zero-order valence-corrected chi connectivity index (χ0v) is 11.9. The van der Waals surface area contributed by atoms with E-state index in [1.807, 2.05) is 24.3 Å². The van der Waals surface area contributed by atoms with E-state index >= 15 is 0 Å². The van der Waals surface area contributed by atoms with Crippen LogP contribution in [-0.2, 0) is 0 Å². The molecule has 2 nitrogen and oxygen atoms in total. The van der Waals surface area contributed by atoms with Crippen LogP contribution in [0.15, 0.2) is 42.5 Å². The first-order chi connectivity index (χ1) is 9.10. The molecule has 0 saturated carbocycles. The lowest BCUT2D eigenvalue weighted by Crippen LogP contribution is -2.16. The van der Waals surface area contributed by atoms with Gasteiger partial charge >= 0.3 is 0 Å². The normalized spacial score (nSPS) is 12.2. The Balaban J connectivity index is 2.22. The van der Waals surface area contributed by atoms with Gasteiger partial charge in [-0.1, -0.05) is 35.4 Å². The van der Waals surface area contributed by atoms with Gasteiger partial charge in [0.25, 0.3) is 0 Å². The van der Waals surface area contributed by atoms with Crippen LogP contribution in [0.4, 0.5) is 5.69 Å². The molecule has 0 amide bonds. The van der Waals surface area contributed by atoms with E-state index < -0.39 is 0 Å². The van der Waals surface area contributed by atoms with Gasteiger partial charge < -0.3 is 10.4 Å². The van der Waals surface area contributed by atoms with Crippen molar-refractivity contribution in [2.24, 2.45) is 0 Å². The molecule has 0 bridgehead atoms. The summed E-state index contributed by atoms with van der Waals surface area (Å²) < 4.78 is 0. The third kappa shape index (κ3) is 3.49. The Hall–Kier alpha value is -1.51. The number of aliphatic hydroxyl groups excluding tert-OH is 1. The molecule has 100 valence electrons. The van der Waals surface area contributed by atoms with Gasteiger partial charge in [0, 0.05) is 10.7 Å². The van der Waals surface area contributed by atoms with Gasteiger partial charge in [-0.15, -0.1) is 0 Å². The molecule has 0 spiro atoms. The molecule has 2 N–H and O–H groups in total. The minimum absolute atomic E-state index is 0.0481. The van der Waals surface area contributed by atoms with Crippen molar-refractivity contribution in [2.75, 3.05) is 11.9 Å². The number of hydrogen-bond acceptors (Lipinski definition) is 2. The van der Waals surface area contributed by atoms with Crippen LogP contribution in [0.3, 0.4) is 0 Å². The van der Waals surface area contributed by atoms with Gasteiger partial charge in [0.05, 0.1) is 12.6 Å². The molecule has 2 rings (SSSR count). The summed E-state index contributed by atoms with van der Waals surface area (Å²) in [6, 6.07) is 13.6. The molecule has 0 saturated heterocycles. The summed E-state index contributed by atoms with van der Waals surface area (Å²) in [6.45, 7) is 4.18. The van der Waals surface area contributed by atoms with Crippen molar-refractivity contribution in [1.29, 1.82) is 0 Å². The van der Waals surface area contributed by atoms with E-state index in [0.29, 0.717) is 5.02 Å². The third-order valence-corrected chi connectivity index (χ3v) is 3.42. The summed E-state index contributed by atoms with van der Waals surface area (Å²) in [5.74, 6) is 0. The van der Waals surface area contributed by atoms with Crippen molar-refractivity contribution in [1.82, 2.24) is 0 Å². The number of hydrogen-bond donors (Lipinski definition) is 2. The smallest absolute Gasteiger partial charge is 0.0747 e. The first-order valence-corrected chi connectivity index (χ1v) is 6.68. The second-order valence-corrected chi connectivity index (χ2v) is 5.18. The topological polar surface area (TPSA) is 32.3 Å². The van der Waals surface area contributed by atoms with Gasteiger partial charge in [-0.25, -0.2) is 0 Å². The monoisotopic (exact) mass is 275 g/mol. The van der Waals surface area contributed by atoms with Crippen molar-refractivity contribution in [3.05, 3.63) is 64.2 Å².